The summed E-state index contributed by atoms with van der Waals surface area (Å²) >= 11 is 0. The lowest BCUT2D eigenvalue weighted by Crippen LogP contribution is -2.37. The van der Waals surface area contributed by atoms with Gasteiger partial charge in [0.2, 0.25) is 11.9 Å². The zero-order valence-electron chi connectivity index (χ0n) is 14.8. The van der Waals surface area contributed by atoms with E-state index in [1.165, 1.54) is 0 Å². The molecule has 2 heterocycles. The van der Waals surface area contributed by atoms with Gasteiger partial charge in [-0.15, -0.1) is 0 Å². The van der Waals surface area contributed by atoms with Crippen LogP contribution in [0, 0.1) is 13.8 Å². The van der Waals surface area contributed by atoms with E-state index in [0.29, 0.717) is 6.54 Å². The molecule has 1 aromatic heterocycles. The molecular weight excluding hydrogens is 294 g/mol. The Morgan fingerprint density at radius 1 is 1.17 bits per heavy atom. The highest BCUT2D eigenvalue weighted by Crippen LogP contribution is 2.23. The highest BCUT2D eigenvalue weighted by atomic mass is 16.5. The number of hydrogen-bond donors (Lipinski definition) is 0. The van der Waals surface area contributed by atoms with Crippen LogP contribution in [-0.2, 0) is 9.53 Å². The number of aryl methyl sites for hydroxylation is 1. The maximum atomic E-state index is 12.0. The Bertz CT molecular complexity index is 562. The summed E-state index contributed by atoms with van der Waals surface area (Å²) < 4.78 is 4.96. The molecule has 0 bridgehead atoms. The van der Waals surface area contributed by atoms with Gasteiger partial charge in [-0.3, -0.25) is 4.79 Å². The Hall–Kier alpha value is -1.89. The lowest BCUT2D eigenvalue weighted by atomic mass is 10.2. The second-order valence-electron chi connectivity index (χ2n) is 6.11. The number of methoxy groups -OCH3 is 1. The Morgan fingerprint density at radius 3 is 2.57 bits per heavy atom. The number of carbonyl (C=O) groups is 1. The molecule has 0 aromatic carbocycles. The van der Waals surface area contributed by atoms with Crippen molar-refractivity contribution in [1.82, 2.24) is 14.9 Å². The van der Waals surface area contributed by atoms with Crippen LogP contribution in [0.5, 0.6) is 0 Å². The topological polar surface area (TPSA) is 61.8 Å². The van der Waals surface area contributed by atoms with Crippen LogP contribution in [0.25, 0.3) is 0 Å². The van der Waals surface area contributed by atoms with Crippen molar-refractivity contribution in [2.75, 3.05) is 63.8 Å². The van der Waals surface area contributed by atoms with Crippen molar-refractivity contribution in [2.24, 2.45) is 0 Å². The zero-order valence-corrected chi connectivity index (χ0v) is 14.8. The van der Waals surface area contributed by atoms with Crippen LogP contribution in [0.15, 0.2) is 0 Å². The van der Waals surface area contributed by atoms with Gasteiger partial charge in [0.05, 0.1) is 0 Å². The predicted octanol–water partition coefficient (Wildman–Crippen LogP) is 0.845. The van der Waals surface area contributed by atoms with E-state index in [1.54, 1.807) is 7.11 Å². The summed E-state index contributed by atoms with van der Waals surface area (Å²) in [5.41, 5.74) is 2.10. The SMILES string of the molecule is COCC(=O)N1CCCN(c2nc(N(C)C)nc(C)c2C)CC1. The number of anilines is 2. The van der Waals surface area contributed by atoms with E-state index < -0.39 is 0 Å². The molecule has 23 heavy (non-hydrogen) atoms. The molecule has 1 amide bonds. The van der Waals surface area contributed by atoms with Gasteiger partial charge >= 0.3 is 0 Å². The molecule has 128 valence electrons. The van der Waals surface area contributed by atoms with Crippen molar-refractivity contribution < 1.29 is 9.53 Å². The molecule has 0 radical (unpaired) electrons. The van der Waals surface area contributed by atoms with Crippen molar-refractivity contribution in [3.8, 4) is 0 Å². The van der Waals surface area contributed by atoms with Gasteiger partial charge in [-0.2, -0.15) is 4.98 Å². The number of ether oxygens (including phenoxy) is 1. The summed E-state index contributed by atoms with van der Waals surface area (Å²) in [6, 6.07) is 0. The third-order valence-electron chi connectivity index (χ3n) is 4.17. The fraction of sp³-hybridized carbons (Fsp3) is 0.688. The summed E-state index contributed by atoms with van der Waals surface area (Å²) in [4.78, 5) is 27.3. The van der Waals surface area contributed by atoms with Gasteiger partial charge in [-0.05, 0) is 20.3 Å². The van der Waals surface area contributed by atoms with Crippen molar-refractivity contribution in [2.45, 2.75) is 20.3 Å². The lowest BCUT2D eigenvalue weighted by Gasteiger charge is -2.26. The molecule has 1 aliphatic rings. The Morgan fingerprint density at radius 2 is 1.91 bits per heavy atom. The van der Waals surface area contributed by atoms with Gasteiger partial charge in [0.25, 0.3) is 0 Å². The van der Waals surface area contributed by atoms with E-state index in [4.69, 9.17) is 9.72 Å². The minimum absolute atomic E-state index is 0.0546. The molecule has 2 rings (SSSR count). The largest absolute Gasteiger partial charge is 0.375 e. The number of rotatable bonds is 4. The average molecular weight is 321 g/mol. The fourth-order valence-electron chi connectivity index (χ4n) is 2.70. The van der Waals surface area contributed by atoms with Crippen molar-refractivity contribution >= 4 is 17.7 Å². The highest BCUT2D eigenvalue weighted by Gasteiger charge is 2.22. The molecule has 7 heteroatoms. The summed E-state index contributed by atoms with van der Waals surface area (Å²) in [5, 5.41) is 0. The van der Waals surface area contributed by atoms with E-state index in [2.05, 4.69) is 16.8 Å². The Balaban J connectivity index is 2.18. The maximum absolute atomic E-state index is 12.0. The minimum atomic E-state index is 0.0546. The summed E-state index contributed by atoms with van der Waals surface area (Å²) in [7, 11) is 5.45. The maximum Gasteiger partial charge on any atom is 0.248 e. The molecule has 0 unspecified atom stereocenters. The normalized spacial score (nSPS) is 15.5. The number of carbonyl (C=O) groups excluding carboxylic acids is 1. The summed E-state index contributed by atoms with van der Waals surface area (Å²) in [5.74, 6) is 1.75. The van der Waals surface area contributed by atoms with Crippen LogP contribution < -0.4 is 9.80 Å². The number of nitrogens with zero attached hydrogens (tertiary/aromatic N) is 5. The van der Waals surface area contributed by atoms with Gasteiger partial charge in [-0.25, -0.2) is 4.98 Å². The third-order valence-corrected chi connectivity index (χ3v) is 4.17. The quantitative estimate of drug-likeness (QED) is 0.819. The number of amides is 1. The smallest absolute Gasteiger partial charge is 0.248 e. The first kappa shape index (κ1) is 17.5. The van der Waals surface area contributed by atoms with E-state index in [9.17, 15) is 4.79 Å². The fourth-order valence-corrected chi connectivity index (χ4v) is 2.70. The lowest BCUT2D eigenvalue weighted by molar-refractivity contribution is -0.134. The summed E-state index contributed by atoms with van der Waals surface area (Å²) in [6.07, 6.45) is 0.926. The molecule has 1 aliphatic heterocycles. The number of aromatic nitrogens is 2. The van der Waals surface area contributed by atoms with Gasteiger partial charge in [0.1, 0.15) is 12.4 Å². The van der Waals surface area contributed by atoms with Crippen LogP contribution in [0.4, 0.5) is 11.8 Å². The summed E-state index contributed by atoms with van der Waals surface area (Å²) in [6.45, 7) is 7.35. The van der Waals surface area contributed by atoms with E-state index >= 15 is 0 Å². The van der Waals surface area contributed by atoms with Gasteiger partial charge < -0.3 is 19.4 Å². The van der Waals surface area contributed by atoms with Crippen molar-refractivity contribution in [3.05, 3.63) is 11.3 Å². The third kappa shape index (κ3) is 4.10. The van der Waals surface area contributed by atoms with Crippen LogP contribution in [0.1, 0.15) is 17.7 Å². The first-order valence-electron chi connectivity index (χ1n) is 7.98. The van der Waals surface area contributed by atoms with E-state index in [-0.39, 0.29) is 12.5 Å². The predicted molar refractivity (Wildman–Crippen MR) is 91.1 cm³/mol. The highest BCUT2D eigenvalue weighted by molar-refractivity contribution is 5.77. The first-order valence-corrected chi connectivity index (χ1v) is 7.98. The first-order chi connectivity index (χ1) is 10.9. The zero-order chi connectivity index (χ0) is 17.0. The number of hydrogen-bond acceptors (Lipinski definition) is 6. The van der Waals surface area contributed by atoms with Crippen LogP contribution in [-0.4, -0.2) is 74.8 Å². The molecule has 0 spiro atoms. The molecule has 0 N–H and O–H groups in total. The van der Waals surface area contributed by atoms with Gasteiger partial charge in [0.15, 0.2) is 0 Å². The van der Waals surface area contributed by atoms with Crippen LogP contribution in [0.3, 0.4) is 0 Å². The standard InChI is InChI=1S/C16H27N5O2/c1-12-13(2)17-16(19(3)4)18-15(12)21-8-6-7-20(9-10-21)14(22)11-23-5/h6-11H2,1-5H3. The van der Waals surface area contributed by atoms with Crippen molar-refractivity contribution in [1.29, 1.82) is 0 Å². The van der Waals surface area contributed by atoms with Gasteiger partial charge in [0, 0.05) is 58.6 Å². The molecule has 1 saturated heterocycles. The second kappa shape index (κ2) is 7.59. The molecule has 7 nitrogen and oxygen atoms in total. The second-order valence-corrected chi connectivity index (χ2v) is 6.11. The molecule has 1 aromatic rings. The monoisotopic (exact) mass is 321 g/mol. The molecule has 1 fully saturated rings. The van der Waals surface area contributed by atoms with E-state index in [1.807, 2.05) is 30.8 Å². The molecule has 0 aliphatic carbocycles. The minimum Gasteiger partial charge on any atom is -0.375 e. The molecule has 0 atom stereocenters. The van der Waals surface area contributed by atoms with Gasteiger partial charge in [-0.1, -0.05) is 0 Å². The molecular formula is C16H27N5O2. The van der Waals surface area contributed by atoms with E-state index in [0.717, 1.165) is 49.1 Å². The van der Waals surface area contributed by atoms with Crippen LogP contribution in [0.2, 0.25) is 0 Å². The van der Waals surface area contributed by atoms with Crippen molar-refractivity contribution in [3.63, 3.8) is 0 Å². The Labute approximate surface area is 138 Å². The van der Waals surface area contributed by atoms with Crippen LogP contribution >= 0.6 is 0 Å². The Kier molecular flexibility index (Phi) is 5.76. The molecule has 0 saturated carbocycles. The average Bonchev–Trinajstić information content (AvgIpc) is 2.76.